The van der Waals surface area contributed by atoms with Crippen LogP contribution in [0, 0.1) is 11.7 Å². The molecule has 38 heavy (non-hydrogen) atoms. The van der Waals surface area contributed by atoms with Crippen LogP contribution in [0.4, 0.5) is 14.9 Å². The van der Waals surface area contributed by atoms with Gasteiger partial charge in [-0.05, 0) is 57.2 Å². The number of benzene rings is 2. The Labute approximate surface area is 219 Å². The number of methoxy groups -OCH3 is 2. The quantitative estimate of drug-likeness (QED) is 0.482. The molecule has 0 radical (unpaired) electrons. The van der Waals surface area contributed by atoms with Crippen molar-refractivity contribution in [2.45, 2.75) is 63.6 Å². The summed E-state index contributed by atoms with van der Waals surface area (Å²) in [5, 5.41) is 21.3. The first-order valence-electron chi connectivity index (χ1n) is 12.9. The van der Waals surface area contributed by atoms with Gasteiger partial charge in [-0.2, -0.15) is 0 Å². The number of carbonyl (C=O) groups excluding carboxylic acids is 1. The molecule has 1 amide bonds. The number of aryl methyl sites for hydroxylation is 1. The molecule has 2 aliphatic rings. The molecule has 9 nitrogen and oxygen atoms in total. The lowest BCUT2D eigenvalue weighted by molar-refractivity contribution is -0.143. The molecule has 0 bridgehead atoms. The Kier molecular flexibility index (Phi) is 7.00. The zero-order valence-electron chi connectivity index (χ0n) is 21.7. The van der Waals surface area contributed by atoms with Gasteiger partial charge in [-0.1, -0.05) is 18.6 Å². The van der Waals surface area contributed by atoms with E-state index in [4.69, 9.17) is 14.5 Å². The Hall–Kier alpha value is -3.66. The molecule has 202 valence electrons. The molecule has 1 saturated carbocycles. The summed E-state index contributed by atoms with van der Waals surface area (Å²) in [6.07, 6.45) is 2.01. The highest BCUT2D eigenvalue weighted by atomic mass is 19.1. The molecule has 1 fully saturated rings. The molecule has 0 spiro atoms. The molecule has 1 aliphatic heterocycles. The molecule has 0 saturated heterocycles. The highest BCUT2D eigenvalue weighted by Gasteiger charge is 2.36. The van der Waals surface area contributed by atoms with Crippen molar-refractivity contribution in [3.8, 4) is 5.75 Å². The molecule has 1 aliphatic carbocycles. The van der Waals surface area contributed by atoms with Crippen molar-refractivity contribution in [1.82, 2.24) is 9.55 Å². The van der Waals surface area contributed by atoms with E-state index in [1.54, 1.807) is 11.0 Å². The van der Waals surface area contributed by atoms with Crippen LogP contribution in [0.5, 0.6) is 5.75 Å². The molecule has 2 heterocycles. The predicted octanol–water partition coefficient (Wildman–Crippen LogP) is 4.99. The van der Waals surface area contributed by atoms with Gasteiger partial charge in [0.25, 0.3) is 0 Å². The van der Waals surface area contributed by atoms with Crippen molar-refractivity contribution < 1.29 is 33.7 Å². The van der Waals surface area contributed by atoms with Crippen LogP contribution < -0.4 is 9.64 Å². The van der Waals surface area contributed by atoms with E-state index in [-0.39, 0.29) is 29.2 Å². The number of ether oxygens (including phenoxy) is 2. The first-order valence-corrected chi connectivity index (χ1v) is 12.9. The second-order valence-electron chi connectivity index (χ2n) is 10.1. The SMILES string of the molecule is COC(=O)N1c2ccc3c(nc([C@H](O)c4cccc(F)c4OC)n3[C@@H]3CCC[C@@H](C(=O)O)C3)c2CC[C@@H]1C. The number of carboxylic acid groups (broad SMARTS) is 1. The van der Waals surface area contributed by atoms with Gasteiger partial charge in [0, 0.05) is 23.2 Å². The fourth-order valence-corrected chi connectivity index (χ4v) is 6.09. The summed E-state index contributed by atoms with van der Waals surface area (Å²) in [6.45, 7) is 1.96. The Bertz CT molecular complexity index is 1390. The van der Waals surface area contributed by atoms with Crippen LogP contribution in [0.3, 0.4) is 0 Å². The van der Waals surface area contributed by atoms with Crippen molar-refractivity contribution in [3.63, 3.8) is 0 Å². The predicted molar refractivity (Wildman–Crippen MR) is 138 cm³/mol. The van der Waals surface area contributed by atoms with Crippen LogP contribution in [0.2, 0.25) is 0 Å². The van der Waals surface area contributed by atoms with Crippen LogP contribution >= 0.6 is 0 Å². The number of para-hydroxylation sites is 1. The minimum absolute atomic E-state index is 0.0641. The van der Waals surface area contributed by atoms with Gasteiger partial charge in [0.2, 0.25) is 0 Å². The Balaban J connectivity index is 1.72. The van der Waals surface area contributed by atoms with Gasteiger partial charge in [0.15, 0.2) is 11.6 Å². The summed E-state index contributed by atoms with van der Waals surface area (Å²) >= 11 is 0. The summed E-state index contributed by atoms with van der Waals surface area (Å²) in [5.41, 5.74) is 3.15. The van der Waals surface area contributed by atoms with Crippen LogP contribution in [0.1, 0.15) is 68.1 Å². The standard InChI is InChI=1S/C28H32FN3O6/c1-15-10-11-18-21(31(15)28(36)38-3)12-13-22-23(18)30-26(24(33)19-8-5-9-20(29)25(19)37-2)32(22)17-7-4-6-16(14-17)27(34)35/h5,8-9,12-13,15-17,24,33H,4,6-7,10-11,14H2,1-3H3,(H,34,35)/t15-,16+,17+,24+/m0/s1. The second-order valence-corrected chi connectivity index (χ2v) is 10.1. The average Bonchev–Trinajstić information content (AvgIpc) is 3.32. The van der Waals surface area contributed by atoms with E-state index in [0.717, 1.165) is 23.9 Å². The maximum Gasteiger partial charge on any atom is 0.414 e. The number of anilines is 1. The van der Waals surface area contributed by atoms with Crippen LogP contribution in [-0.4, -0.2) is 52.1 Å². The maximum atomic E-state index is 14.6. The van der Waals surface area contributed by atoms with Crippen molar-refractivity contribution in [3.05, 3.63) is 53.1 Å². The molecule has 1 aromatic heterocycles. The number of rotatable bonds is 5. The number of hydrogen-bond acceptors (Lipinski definition) is 6. The molecule has 5 rings (SSSR count). The number of halogens is 1. The van der Waals surface area contributed by atoms with Crippen LogP contribution in [-0.2, 0) is 16.0 Å². The molecule has 3 aromatic rings. The third-order valence-corrected chi connectivity index (χ3v) is 7.95. The first-order chi connectivity index (χ1) is 18.3. The van der Waals surface area contributed by atoms with E-state index >= 15 is 0 Å². The van der Waals surface area contributed by atoms with Crippen molar-refractivity contribution >= 4 is 28.8 Å². The van der Waals surface area contributed by atoms with Crippen molar-refractivity contribution in [2.24, 2.45) is 5.92 Å². The molecule has 0 unspecified atom stereocenters. The zero-order valence-corrected chi connectivity index (χ0v) is 21.7. The molecule has 10 heteroatoms. The highest BCUT2D eigenvalue weighted by Crippen LogP contribution is 2.43. The van der Waals surface area contributed by atoms with Crippen LogP contribution in [0.25, 0.3) is 11.0 Å². The number of hydrogen-bond donors (Lipinski definition) is 2. The van der Waals surface area contributed by atoms with Gasteiger partial charge in [0.05, 0.1) is 36.9 Å². The number of imidazole rings is 1. The lowest BCUT2D eigenvalue weighted by atomic mass is 9.85. The minimum Gasteiger partial charge on any atom is -0.493 e. The lowest BCUT2D eigenvalue weighted by Crippen LogP contribution is -2.42. The third kappa shape index (κ3) is 4.26. The summed E-state index contributed by atoms with van der Waals surface area (Å²) in [6, 6.07) is 7.78. The van der Waals surface area contributed by atoms with E-state index in [1.165, 1.54) is 26.4 Å². The number of fused-ring (bicyclic) bond motifs is 3. The van der Waals surface area contributed by atoms with Gasteiger partial charge in [-0.3, -0.25) is 9.69 Å². The van der Waals surface area contributed by atoms with E-state index in [9.17, 15) is 24.2 Å². The van der Waals surface area contributed by atoms with E-state index in [0.29, 0.717) is 36.9 Å². The highest BCUT2D eigenvalue weighted by molar-refractivity contribution is 5.95. The minimum atomic E-state index is -1.33. The fourth-order valence-electron chi connectivity index (χ4n) is 6.09. The monoisotopic (exact) mass is 525 g/mol. The van der Waals surface area contributed by atoms with Gasteiger partial charge >= 0.3 is 12.1 Å². The number of nitrogens with zero attached hydrogens (tertiary/aromatic N) is 3. The van der Waals surface area contributed by atoms with Gasteiger partial charge in [0.1, 0.15) is 11.9 Å². The molecule has 4 atom stereocenters. The summed E-state index contributed by atoms with van der Waals surface area (Å²) in [4.78, 5) is 31.0. The van der Waals surface area contributed by atoms with Crippen molar-refractivity contribution in [2.75, 3.05) is 19.1 Å². The number of aliphatic carboxylic acids is 1. The number of amides is 1. The number of aliphatic hydroxyl groups is 1. The van der Waals surface area contributed by atoms with Gasteiger partial charge in [-0.15, -0.1) is 0 Å². The second kappa shape index (κ2) is 10.2. The lowest BCUT2D eigenvalue weighted by Gasteiger charge is -2.34. The molecular weight excluding hydrogens is 493 g/mol. The van der Waals surface area contributed by atoms with E-state index < -0.39 is 29.9 Å². The van der Waals surface area contributed by atoms with E-state index in [1.807, 2.05) is 23.6 Å². The maximum absolute atomic E-state index is 14.6. The Morgan fingerprint density at radius 3 is 2.66 bits per heavy atom. The summed E-state index contributed by atoms with van der Waals surface area (Å²) < 4.78 is 26.8. The fraction of sp³-hybridized carbons (Fsp3) is 0.464. The molecular formula is C28H32FN3O6. The largest absolute Gasteiger partial charge is 0.493 e. The topological polar surface area (TPSA) is 114 Å². The Morgan fingerprint density at radius 1 is 1.16 bits per heavy atom. The first kappa shape index (κ1) is 26.0. The normalized spacial score (nSPS) is 22.1. The molecule has 2 N–H and O–H groups in total. The number of aliphatic hydroxyl groups excluding tert-OH is 1. The zero-order chi connectivity index (χ0) is 27.1. The summed E-state index contributed by atoms with van der Waals surface area (Å²) in [7, 11) is 2.69. The Morgan fingerprint density at radius 2 is 1.95 bits per heavy atom. The van der Waals surface area contributed by atoms with E-state index in [2.05, 4.69) is 0 Å². The summed E-state index contributed by atoms with van der Waals surface area (Å²) in [5.74, 6) is -1.73. The number of carbonyl (C=O) groups is 2. The number of aromatic nitrogens is 2. The van der Waals surface area contributed by atoms with Crippen LogP contribution in [0.15, 0.2) is 30.3 Å². The number of carboxylic acids is 1. The van der Waals surface area contributed by atoms with Crippen molar-refractivity contribution in [1.29, 1.82) is 0 Å². The average molecular weight is 526 g/mol. The van der Waals surface area contributed by atoms with Gasteiger partial charge in [-0.25, -0.2) is 14.2 Å². The smallest absolute Gasteiger partial charge is 0.414 e. The molecule has 2 aromatic carbocycles. The third-order valence-electron chi connectivity index (χ3n) is 7.95. The van der Waals surface area contributed by atoms with Gasteiger partial charge < -0.3 is 24.3 Å².